The Kier molecular flexibility index (Phi) is 10.2. The lowest BCUT2D eigenvalue weighted by Gasteiger charge is -2.18. The topological polar surface area (TPSA) is 3.24 Å². The molecule has 4 heteroatoms. The normalized spacial score (nSPS) is 12.5. The third kappa shape index (κ3) is 8.40. The third-order valence-electron chi connectivity index (χ3n) is 2.15. The number of hydrogen-bond donors (Lipinski definition) is 0. The van der Waals surface area contributed by atoms with Crippen LogP contribution in [0.5, 0.6) is 0 Å². The molecule has 0 heterocycles. The summed E-state index contributed by atoms with van der Waals surface area (Å²) < 4.78 is 1.64. The Morgan fingerprint density at radius 2 is 1.93 bits per heavy atom. The first kappa shape index (κ1) is 15.6. The third-order valence-corrected chi connectivity index (χ3v) is 5.50. The summed E-state index contributed by atoms with van der Waals surface area (Å²) in [6.45, 7) is 2.25. The molecule has 0 fully saturated rings. The van der Waals surface area contributed by atoms with E-state index in [1.807, 2.05) is 42.5 Å². The second-order valence-corrected chi connectivity index (χ2v) is 6.97. The van der Waals surface area contributed by atoms with Crippen molar-refractivity contribution in [3.63, 3.8) is 0 Å². The lowest BCUT2D eigenvalue weighted by Crippen LogP contribution is -2.18. The number of nitrogens with zero attached hydrogens (tertiary/aromatic N) is 1. The molecule has 1 nitrogen and oxygen atoms in total. The van der Waals surface area contributed by atoms with Crippen molar-refractivity contribution in [2.24, 2.45) is 0 Å². The Morgan fingerprint density at radius 1 is 1.27 bits per heavy atom. The van der Waals surface area contributed by atoms with Crippen molar-refractivity contribution in [3.05, 3.63) is 0 Å². The number of unbranched alkanes of at least 4 members (excludes halogenated alkanes) is 3. The van der Waals surface area contributed by atoms with Crippen molar-refractivity contribution in [2.45, 2.75) is 43.6 Å². The molecule has 0 radical (unpaired) electrons. The summed E-state index contributed by atoms with van der Waals surface area (Å²) in [5.74, 6) is 0. The van der Waals surface area contributed by atoms with Crippen molar-refractivity contribution in [1.29, 1.82) is 0 Å². The highest BCUT2D eigenvalue weighted by Crippen LogP contribution is 2.28. The molecule has 0 aromatic heterocycles. The molecule has 0 bridgehead atoms. The van der Waals surface area contributed by atoms with Crippen LogP contribution >= 0.6 is 35.7 Å². The SMILES string of the molecule is CCCCCCC(SC)SC(=S)N(C)C. The molecule has 0 saturated heterocycles. The van der Waals surface area contributed by atoms with Crippen LogP contribution in [-0.4, -0.2) is 34.2 Å². The van der Waals surface area contributed by atoms with Crippen molar-refractivity contribution in [3.8, 4) is 0 Å². The van der Waals surface area contributed by atoms with E-state index in [0.29, 0.717) is 4.58 Å². The van der Waals surface area contributed by atoms with Crippen molar-refractivity contribution in [1.82, 2.24) is 4.90 Å². The summed E-state index contributed by atoms with van der Waals surface area (Å²) in [5, 5.41) is 0. The molecular weight excluding hydrogens is 242 g/mol. The van der Waals surface area contributed by atoms with Gasteiger partial charge in [-0.1, -0.05) is 56.6 Å². The second-order valence-electron chi connectivity index (χ2n) is 3.79. The highest BCUT2D eigenvalue weighted by molar-refractivity contribution is 8.30. The fourth-order valence-corrected chi connectivity index (χ4v) is 3.49. The van der Waals surface area contributed by atoms with Crippen LogP contribution in [-0.2, 0) is 0 Å². The number of rotatable bonds is 7. The summed E-state index contributed by atoms with van der Waals surface area (Å²) in [4.78, 5) is 2.02. The summed E-state index contributed by atoms with van der Waals surface area (Å²) in [6, 6.07) is 0. The summed E-state index contributed by atoms with van der Waals surface area (Å²) in [7, 11) is 4.04. The van der Waals surface area contributed by atoms with E-state index < -0.39 is 0 Å². The average Bonchev–Trinajstić information content (AvgIpc) is 2.22. The van der Waals surface area contributed by atoms with E-state index in [9.17, 15) is 0 Å². The Morgan fingerprint density at radius 3 is 2.40 bits per heavy atom. The smallest absolute Gasteiger partial charge is 0.136 e. The first-order chi connectivity index (χ1) is 7.11. The summed E-state index contributed by atoms with van der Waals surface area (Å²) in [6.07, 6.45) is 8.83. The van der Waals surface area contributed by atoms with Gasteiger partial charge in [0.1, 0.15) is 4.32 Å². The van der Waals surface area contributed by atoms with Crippen molar-refractivity contribution in [2.75, 3.05) is 20.4 Å². The lowest BCUT2D eigenvalue weighted by atomic mass is 10.2. The van der Waals surface area contributed by atoms with Gasteiger partial charge in [0, 0.05) is 14.1 Å². The molecular formula is C11H23NS3. The molecule has 0 aliphatic heterocycles. The van der Waals surface area contributed by atoms with Crippen LogP contribution in [0.15, 0.2) is 0 Å². The maximum atomic E-state index is 5.30. The van der Waals surface area contributed by atoms with E-state index in [2.05, 4.69) is 13.2 Å². The van der Waals surface area contributed by atoms with Crippen LogP contribution in [0, 0.1) is 0 Å². The first-order valence-electron chi connectivity index (χ1n) is 5.52. The van der Waals surface area contributed by atoms with Gasteiger partial charge < -0.3 is 4.90 Å². The van der Waals surface area contributed by atoms with E-state index in [4.69, 9.17) is 12.2 Å². The van der Waals surface area contributed by atoms with Gasteiger partial charge >= 0.3 is 0 Å². The van der Waals surface area contributed by atoms with E-state index in [1.54, 1.807) is 0 Å². The van der Waals surface area contributed by atoms with Crippen LogP contribution in [0.1, 0.15) is 39.0 Å². The Bertz CT molecular complexity index is 171. The number of thioether (sulfide) groups is 2. The van der Waals surface area contributed by atoms with Crippen molar-refractivity contribution >= 4 is 40.1 Å². The first-order valence-corrected chi connectivity index (χ1v) is 8.10. The lowest BCUT2D eigenvalue weighted by molar-refractivity contribution is 0.644. The molecule has 0 aliphatic rings. The number of hydrogen-bond acceptors (Lipinski definition) is 3. The highest BCUT2D eigenvalue weighted by atomic mass is 32.2. The van der Waals surface area contributed by atoms with Crippen LogP contribution in [0.4, 0.5) is 0 Å². The van der Waals surface area contributed by atoms with E-state index in [1.165, 1.54) is 32.1 Å². The van der Waals surface area contributed by atoms with Gasteiger partial charge in [-0.15, -0.1) is 0 Å². The fraction of sp³-hybridized carbons (Fsp3) is 0.909. The zero-order valence-electron chi connectivity index (χ0n) is 10.3. The van der Waals surface area contributed by atoms with Gasteiger partial charge in [0.2, 0.25) is 0 Å². The quantitative estimate of drug-likeness (QED) is 0.385. The summed E-state index contributed by atoms with van der Waals surface area (Å²) >= 11 is 9.05. The van der Waals surface area contributed by atoms with Crippen molar-refractivity contribution < 1.29 is 0 Å². The minimum Gasteiger partial charge on any atom is -0.364 e. The Balaban J connectivity index is 3.68. The predicted octanol–water partition coefficient (Wildman–Crippen LogP) is 4.23. The molecule has 0 N–H and O–H groups in total. The van der Waals surface area contributed by atoms with E-state index in [0.717, 1.165) is 4.32 Å². The zero-order chi connectivity index (χ0) is 11.7. The monoisotopic (exact) mass is 265 g/mol. The van der Waals surface area contributed by atoms with Crippen LogP contribution in [0.25, 0.3) is 0 Å². The molecule has 0 spiro atoms. The molecule has 1 atom stereocenters. The molecule has 0 saturated carbocycles. The van der Waals surface area contributed by atoms with Gasteiger partial charge in [-0.25, -0.2) is 0 Å². The number of thiocarbonyl (C=S) groups is 1. The van der Waals surface area contributed by atoms with E-state index in [-0.39, 0.29) is 0 Å². The van der Waals surface area contributed by atoms with Gasteiger partial charge in [-0.05, 0) is 12.7 Å². The average molecular weight is 266 g/mol. The van der Waals surface area contributed by atoms with Gasteiger partial charge in [-0.3, -0.25) is 0 Å². The Hall–Kier alpha value is 0.590. The maximum Gasteiger partial charge on any atom is 0.136 e. The molecule has 0 aromatic carbocycles. The van der Waals surface area contributed by atoms with E-state index >= 15 is 0 Å². The molecule has 0 rings (SSSR count). The standard InChI is InChI=1S/C11H23NS3/c1-5-6-7-8-9-10(14-4)15-11(13)12(2)3/h10H,5-9H2,1-4H3. The highest BCUT2D eigenvalue weighted by Gasteiger charge is 2.11. The molecule has 0 amide bonds. The largest absolute Gasteiger partial charge is 0.364 e. The predicted molar refractivity (Wildman–Crippen MR) is 79.9 cm³/mol. The Labute approximate surface area is 109 Å². The molecule has 0 aromatic rings. The summed E-state index contributed by atoms with van der Waals surface area (Å²) in [5.41, 5.74) is 0. The second kappa shape index (κ2) is 9.79. The maximum absolute atomic E-state index is 5.30. The van der Waals surface area contributed by atoms with Crippen LogP contribution in [0.2, 0.25) is 0 Å². The zero-order valence-corrected chi connectivity index (χ0v) is 12.7. The van der Waals surface area contributed by atoms with Crippen LogP contribution in [0.3, 0.4) is 0 Å². The van der Waals surface area contributed by atoms with Gasteiger partial charge in [0.05, 0.1) is 4.58 Å². The minimum absolute atomic E-state index is 0.636. The molecule has 0 aliphatic carbocycles. The molecule has 1 unspecified atom stereocenters. The fourth-order valence-electron chi connectivity index (χ4n) is 1.18. The molecule has 15 heavy (non-hydrogen) atoms. The van der Waals surface area contributed by atoms with Crippen LogP contribution < -0.4 is 0 Å². The minimum atomic E-state index is 0.636. The van der Waals surface area contributed by atoms with Gasteiger partial charge in [-0.2, -0.15) is 11.8 Å². The molecule has 90 valence electrons. The van der Waals surface area contributed by atoms with Gasteiger partial charge in [0.15, 0.2) is 0 Å². The van der Waals surface area contributed by atoms with Gasteiger partial charge in [0.25, 0.3) is 0 Å².